The Morgan fingerprint density at radius 2 is 1.53 bits per heavy atom. The lowest BCUT2D eigenvalue weighted by Crippen LogP contribution is -2.37. The van der Waals surface area contributed by atoms with Crippen LogP contribution in [0.2, 0.25) is 0 Å². The summed E-state index contributed by atoms with van der Waals surface area (Å²) in [5.41, 5.74) is 7.93. The van der Waals surface area contributed by atoms with Crippen LogP contribution in [0.4, 0.5) is 18.9 Å². The number of halogens is 3. The number of alkyl halides is 3. The van der Waals surface area contributed by atoms with Gasteiger partial charge in [-0.3, -0.25) is 9.80 Å². The first-order valence-electron chi connectivity index (χ1n) is 12.1. The molecule has 2 N–H and O–H groups in total. The SMILES string of the molecule is CNC(=O)CCC1C=C(c2ccc(-c3ccc(C(F)(F)F)cc3)cc2)N(c2ccc(-n3ccnn3)cc2)N1. The molecule has 1 aliphatic rings. The maximum atomic E-state index is 12.9. The van der Waals surface area contributed by atoms with Crippen molar-refractivity contribution in [1.82, 2.24) is 25.7 Å². The van der Waals surface area contributed by atoms with Gasteiger partial charge in [0.1, 0.15) is 0 Å². The van der Waals surface area contributed by atoms with Gasteiger partial charge in [-0.25, -0.2) is 10.1 Å². The number of nitrogens with zero attached hydrogens (tertiary/aromatic N) is 4. The van der Waals surface area contributed by atoms with E-state index in [2.05, 4.69) is 27.1 Å². The molecule has 2 heterocycles. The molecular formula is C28H25F3N6O. The third-order valence-corrected chi connectivity index (χ3v) is 6.38. The molecular weight excluding hydrogens is 493 g/mol. The second kappa shape index (κ2) is 10.5. The molecule has 38 heavy (non-hydrogen) atoms. The summed E-state index contributed by atoms with van der Waals surface area (Å²) in [5, 5.41) is 12.5. The molecule has 0 fully saturated rings. The van der Waals surface area contributed by atoms with Crippen LogP contribution in [0.1, 0.15) is 24.0 Å². The van der Waals surface area contributed by atoms with Gasteiger partial charge in [-0.1, -0.05) is 41.6 Å². The van der Waals surface area contributed by atoms with Crippen molar-refractivity contribution >= 4 is 17.3 Å². The monoisotopic (exact) mass is 518 g/mol. The highest BCUT2D eigenvalue weighted by atomic mass is 19.4. The number of rotatable bonds is 7. The van der Waals surface area contributed by atoms with Gasteiger partial charge < -0.3 is 5.32 Å². The molecule has 0 saturated carbocycles. The number of aromatic nitrogens is 3. The van der Waals surface area contributed by atoms with Crippen molar-refractivity contribution in [3.63, 3.8) is 0 Å². The standard InChI is InChI=1S/C28H25F3N6O/c1-32-27(38)15-10-23-18-26(37(34-23)25-13-11-24(12-14-25)36-17-16-33-35-36)21-4-2-19(3-5-21)20-6-8-22(9-7-20)28(29,30)31/h2-9,11-14,16-18,23,34H,10,15H2,1H3,(H,32,38). The van der Waals surface area contributed by atoms with Crippen molar-refractivity contribution in [3.8, 4) is 16.8 Å². The molecule has 0 spiro atoms. The fourth-order valence-electron chi connectivity index (χ4n) is 4.32. The Balaban J connectivity index is 1.40. The van der Waals surface area contributed by atoms with Crippen LogP contribution in [0.15, 0.2) is 91.3 Å². The van der Waals surface area contributed by atoms with Gasteiger partial charge in [0.15, 0.2) is 0 Å². The highest BCUT2D eigenvalue weighted by molar-refractivity contribution is 5.82. The zero-order chi connectivity index (χ0) is 26.7. The van der Waals surface area contributed by atoms with E-state index in [1.54, 1.807) is 24.1 Å². The Hall–Kier alpha value is -4.44. The molecule has 1 aliphatic heterocycles. The van der Waals surface area contributed by atoms with Crippen molar-refractivity contribution in [3.05, 3.63) is 102 Å². The van der Waals surface area contributed by atoms with E-state index < -0.39 is 11.7 Å². The molecule has 7 nitrogen and oxygen atoms in total. The van der Waals surface area contributed by atoms with E-state index in [1.807, 2.05) is 53.5 Å². The lowest BCUT2D eigenvalue weighted by molar-refractivity contribution is -0.137. The highest BCUT2D eigenvalue weighted by Crippen LogP contribution is 2.34. The summed E-state index contributed by atoms with van der Waals surface area (Å²) in [5.74, 6) is -0.0294. The zero-order valence-electron chi connectivity index (χ0n) is 20.5. The van der Waals surface area contributed by atoms with Crippen molar-refractivity contribution in [2.24, 2.45) is 0 Å². The zero-order valence-corrected chi connectivity index (χ0v) is 20.5. The molecule has 0 radical (unpaired) electrons. The van der Waals surface area contributed by atoms with E-state index in [0.717, 1.165) is 40.3 Å². The number of amides is 1. The smallest absolute Gasteiger partial charge is 0.359 e. The predicted octanol–water partition coefficient (Wildman–Crippen LogP) is 5.21. The van der Waals surface area contributed by atoms with Gasteiger partial charge in [0.05, 0.1) is 35.0 Å². The average molecular weight is 519 g/mol. The summed E-state index contributed by atoms with van der Waals surface area (Å²) in [6.07, 6.45) is 2.09. The van der Waals surface area contributed by atoms with E-state index >= 15 is 0 Å². The largest absolute Gasteiger partial charge is 0.416 e. The van der Waals surface area contributed by atoms with Gasteiger partial charge in [-0.05, 0) is 65.6 Å². The number of nitrogens with one attached hydrogen (secondary N) is 2. The molecule has 1 aromatic heterocycles. The molecule has 0 aliphatic carbocycles. The van der Waals surface area contributed by atoms with Crippen molar-refractivity contribution in [1.29, 1.82) is 0 Å². The number of hydrazine groups is 1. The summed E-state index contributed by atoms with van der Waals surface area (Å²) in [6.45, 7) is 0. The summed E-state index contributed by atoms with van der Waals surface area (Å²) >= 11 is 0. The number of anilines is 1. The Morgan fingerprint density at radius 1 is 0.921 bits per heavy atom. The molecule has 3 aromatic carbocycles. The maximum Gasteiger partial charge on any atom is 0.416 e. The minimum absolute atomic E-state index is 0.0294. The first-order valence-corrected chi connectivity index (χ1v) is 12.1. The number of hydrogen-bond acceptors (Lipinski definition) is 5. The molecule has 0 bridgehead atoms. The summed E-state index contributed by atoms with van der Waals surface area (Å²) in [4.78, 5) is 11.8. The lowest BCUT2D eigenvalue weighted by atomic mass is 10.0. The van der Waals surface area contributed by atoms with Gasteiger partial charge in [0.2, 0.25) is 5.91 Å². The molecule has 1 amide bonds. The van der Waals surface area contributed by atoms with Crippen LogP contribution in [0.25, 0.3) is 22.5 Å². The third-order valence-electron chi connectivity index (χ3n) is 6.38. The molecule has 1 atom stereocenters. The van der Waals surface area contributed by atoms with Crippen molar-refractivity contribution < 1.29 is 18.0 Å². The number of carbonyl (C=O) groups excluding carboxylic acids is 1. The maximum absolute atomic E-state index is 12.9. The normalized spacial score (nSPS) is 15.4. The van der Waals surface area contributed by atoms with Crippen LogP contribution in [0.3, 0.4) is 0 Å². The van der Waals surface area contributed by atoms with E-state index in [1.165, 1.54) is 12.1 Å². The molecule has 4 aromatic rings. The Morgan fingerprint density at radius 3 is 2.11 bits per heavy atom. The van der Waals surface area contributed by atoms with Crippen molar-refractivity contribution in [2.75, 3.05) is 12.1 Å². The van der Waals surface area contributed by atoms with Crippen LogP contribution in [0.5, 0.6) is 0 Å². The number of benzene rings is 3. The summed E-state index contributed by atoms with van der Waals surface area (Å²) in [6, 6.07) is 20.6. The molecule has 10 heteroatoms. The summed E-state index contributed by atoms with van der Waals surface area (Å²) in [7, 11) is 1.62. The Labute approximate surface area is 217 Å². The highest BCUT2D eigenvalue weighted by Gasteiger charge is 2.30. The second-order valence-corrected chi connectivity index (χ2v) is 8.85. The van der Waals surface area contributed by atoms with Crippen LogP contribution in [0, 0.1) is 0 Å². The molecule has 5 rings (SSSR count). The molecule has 0 saturated heterocycles. The second-order valence-electron chi connectivity index (χ2n) is 8.85. The minimum Gasteiger partial charge on any atom is -0.359 e. The average Bonchev–Trinajstić information content (AvgIpc) is 3.62. The lowest BCUT2D eigenvalue weighted by Gasteiger charge is -2.25. The van der Waals surface area contributed by atoms with E-state index in [9.17, 15) is 18.0 Å². The number of hydrogen-bond donors (Lipinski definition) is 2. The van der Waals surface area contributed by atoms with Gasteiger partial charge >= 0.3 is 6.18 Å². The van der Waals surface area contributed by atoms with Crippen LogP contribution in [-0.4, -0.2) is 34.0 Å². The topological polar surface area (TPSA) is 75.1 Å². The van der Waals surface area contributed by atoms with Gasteiger partial charge in [0.25, 0.3) is 0 Å². The molecule has 194 valence electrons. The third kappa shape index (κ3) is 5.45. The minimum atomic E-state index is -4.37. The van der Waals surface area contributed by atoms with Gasteiger partial charge in [-0.15, -0.1) is 5.10 Å². The first-order chi connectivity index (χ1) is 18.3. The Kier molecular flexibility index (Phi) is 6.97. The fraction of sp³-hybridized carbons (Fsp3) is 0.179. The van der Waals surface area contributed by atoms with E-state index in [4.69, 9.17) is 0 Å². The van der Waals surface area contributed by atoms with Gasteiger partial charge in [-0.2, -0.15) is 13.2 Å². The molecule has 1 unspecified atom stereocenters. The van der Waals surface area contributed by atoms with Crippen LogP contribution >= 0.6 is 0 Å². The van der Waals surface area contributed by atoms with Crippen LogP contribution < -0.4 is 15.8 Å². The van der Waals surface area contributed by atoms with Crippen molar-refractivity contribution in [2.45, 2.75) is 25.1 Å². The fourth-order valence-corrected chi connectivity index (χ4v) is 4.32. The van der Waals surface area contributed by atoms with Gasteiger partial charge in [0, 0.05) is 19.5 Å². The number of carbonyl (C=O) groups is 1. The van der Waals surface area contributed by atoms with Crippen LogP contribution in [-0.2, 0) is 11.0 Å². The summed E-state index contributed by atoms with van der Waals surface area (Å²) < 4.78 is 40.4. The quantitative estimate of drug-likeness (QED) is 0.351. The predicted molar refractivity (Wildman–Crippen MR) is 139 cm³/mol. The van der Waals surface area contributed by atoms with E-state index in [-0.39, 0.29) is 11.9 Å². The first kappa shape index (κ1) is 25.2. The van der Waals surface area contributed by atoms with E-state index in [0.29, 0.717) is 18.4 Å². The Bertz CT molecular complexity index is 1410.